The lowest BCUT2D eigenvalue weighted by molar-refractivity contribution is -0.119. The Hall–Kier alpha value is -2.08. The Kier molecular flexibility index (Phi) is 2.97. The number of carbonyl (C=O) groups excluding carboxylic acids is 2. The second-order valence-electron chi connectivity index (χ2n) is 3.73. The summed E-state index contributed by atoms with van der Waals surface area (Å²) in [4.78, 5) is 24.7. The largest absolute Gasteiger partial charge is 0.399 e. The van der Waals surface area contributed by atoms with Crippen molar-refractivity contribution in [2.45, 2.75) is 6.04 Å². The quantitative estimate of drug-likeness (QED) is 0.584. The van der Waals surface area contributed by atoms with Crippen molar-refractivity contribution in [1.29, 1.82) is 0 Å². The van der Waals surface area contributed by atoms with Gasteiger partial charge < -0.3 is 15.8 Å². The Morgan fingerprint density at radius 3 is 2.88 bits per heavy atom. The number of hydrogen-bond acceptors (Lipinski definition) is 4. The van der Waals surface area contributed by atoms with Gasteiger partial charge in [0.1, 0.15) is 6.04 Å². The van der Waals surface area contributed by atoms with Crippen LogP contribution >= 0.6 is 0 Å². The Morgan fingerprint density at radius 1 is 1.47 bits per heavy atom. The molecular formula is C11H13N3O3. The lowest BCUT2D eigenvalue weighted by Crippen LogP contribution is -2.34. The number of rotatable bonds is 3. The zero-order valence-electron chi connectivity index (χ0n) is 9.34. The number of nitrogens with zero attached hydrogens (tertiary/aromatic N) is 1. The molecular weight excluding hydrogens is 222 g/mol. The first-order valence-electron chi connectivity index (χ1n) is 5.12. The topological polar surface area (TPSA) is 84.7 Å². The van der Waals surface area contributed by atoms with Crippen LogP contribution in [0.5, 0.6) is 0 Å². The van der Waals surface area contributed by atoms with Gasteiger partial charge in [-0.3, -0.25) is 4.79 Å². The Bertz CT molecular complexity index is 461. The normalized spacial score (nSPS) is 19.6. The van der Waals surface area contributed by atoms with Crippen LogP contribution in [0.2, 0.25) is 0 Å². The summed E-state index contributed by atoms with van der Waals surface area (Å²) in [5, 5.41) is 2.54. The van der Waals surface area contributed by atoms with Crippen molar-refractivity contribution in [3.8, 4) is 0 Å². The van der Waals surface area contributed by atoms with Gasteiger partial charge in [-0.1, -0.05) is 6.07 Å². The molecule has 0 bridgehead atoms. The fraction of sp³-hybridized carbons (Fsp3) is 0.273. The van der Waals surface area contributed by atoms with Crippen LogP contribution in [0.15, 0.2) is 24.3 Å². The number of hydrogen-bond donors (Lipinski definition) is 2. The SMILES string of the molecule is COC[C@H]1NC(=O)N(c2cccc(N)c2)C1=O. The Labute approximate surface area is 98.3 Å². The molecule has 1 aliphatic rings. The molecule has 1 atom stereocenters. The van der Waals surface area contributed by atoms with E-state index >= 15 is 0 Å². The number of nitrogen functional groups attached to an aromatic ring is 1. The van der Waals surface area contributed by atoms with Gasteiger partial charge in [-0.05, 0) is 18.2 Å². The van der Waals surface area contributed by atoms with Crippen LogP contribution in [0.3, 0.4) is 0 Å². The summed E-state index contributed by atoms with van der Waals surface area (Å²) in [7, 11) is 1.47. The van der Waals surface area contributed by atoms with Crippen molar-refractivity contribution in [2.75, 3.05) is 24.4 Å². The molecule has 0 saturated carbocycles. The summed E-state index contributed by atoms with van der Waals surface area (Å²) in [5.41, 5.74) is 6.58. The third kappa shape index (κ3) is 2.07. The lowest BCUT2D eigenvalue weighted by Gasteiger charge is -2.13. The zero-order chi connectivity index (χ0) is 12.4. The van der Waals surface area contributed by atoms with Gasteiger partial charge in [-0.15, -0.1) is 0 Å². The molecule has 2 rings (SSSR count). The number of nitrogens with two attached hydrogens (primary N) is 1. The third-order valence-electron chi connectivity index (χ3n) is 2.48. The van der Waals surface area contributed by atoms with E-state index in [0.717, 1.165) is 4.90 Å². The Morgan fingerprint density at radius 2 is 2.24 bits per heavy atom. The Balaban J connectivity index is 2.27. The summed E-state index contributed by atoms with van der Waals surface area (Å²) < 4.78 is 4.87. The second kappa shape index (κ2) is 4.42. The molecule has 90 valence electrons. The lowest BCUT2D eigenvalue weighted by atomic mass is 10.2. The van der Waals surface area contributed by atoms with Gasteiger partial charge in [0.25, 0.3) is 5.91 Å². The zero-order valence-corrected chi connectivity index (χ0v) is 9.34. The number of benzene rings is 1. The average Bonchev–Trinajstić information content (AvgIpc) is 2.55. The number of urea groups is 1. The van der Waals surface area contributed by atoms with E-state index in [9.17, 15) is 9.59 Å². The number of imide groups is 1. The number of anilines is 2. The molecule has 0 unspecified atom stereocenters. The van der Waals surface area contributed by atoms with Gasteiger partial charge in [0.05, 0.1) is 12.3 Å². The number of amides is 3. The third-order valence-corrected chi connectivity index (χ3v) is 2.48. The van der Waals surface area contributed by atoms with Crippen molar-refractivity contribution in [3.63, 3.8) is 0 Å². The first kappa shape index (κ1) is 11.4. The van der Waals surface area contributed by atoms with Crippen LogP contribution in [0.1, 0.15) is 0 Å². The van der Waals surface area contributed by atoms with E-state index in [-0.39, 0.29) is 12.5 Å². The summed E-state index contributed by atoms with van der Waals surface area (Å²) in [6.07, 6.45) is 0. The molecule has 1 aromatic carbocycles. The molecule has 6 heteroatoms. The van der Waals surface area contributed by atoms with E-state index in [1.807, 2.05) is 0 Å². The maximum atomic E-state index is 11.9. The molecule has 1 saturated heterocycles. The van der Waals surface area contributed by atoms with Crippen LogP contribution in [0, 0.1) is 0 Å². The first-order valence-corrected chi connectivity index (χ1v) is 5.12. The second-order valence-corrected chi connectivity index (χ2v) is 3.73. The maximum absolute atomic E-state index is 11.9. The predicted molar refractivity (Wildman–Crippen MR) is 62.5 cm³/mol. The van der Waals surface area contributed by atoms with Gasteiger partial charge in [-0.25, -0.2) is 9.69 Å². The fourth-order valence-electron chi connectivity index (χ4n) is 1.72. The maximum Gasteiger partial charge on any atom is 0.329 e. The van der Waals surface area contributed by atoms with Crippen LogP contribution < -0.4 is 16.0 Å². The van der Waals surface area contributed by atoms with Crippen molar-refractivity contribution in [3.05, 3.63) is 24.3 Å². The summed E-state index contributed by atoms with van der Waals surface area (Å²) in [6.45, 7) is 0.156. The molecule has 0 radical (unpaired) electrons. The van der Waals surface area contributed by atoms with Crippen molar-refractivity contribution in [2.24, 2.45) is 0 Å². The fourth-order valence-corrected chi connectivity index (χ4v) is 1.72. The summed E-state index contributed by atoms with van der Waals surface area (Å²) in [6, 6.07) is 5.52. The minimum Gasteiger partial charge on any atom is -0.399 e. The number of methoxy groups -OCH3 is 1. The summed E-state index contributed by atoms with van der Waals surface area (Å²) in [5.74, 6) is -0.331. The first-order chi connectivity index (χ1) is 8.13. The van der Waals surface area contributed by atoms with Gasteiger partial charge in [0, 0.05) is 12.8 Å². The highest BCUT2D eigenvalue weighted by Gasteiger charge is 2.38. The van der Waals surface area contributed by atoms with Gasteiger partial charge in [0.15, 0.2) is 0 Å². The molecule has 0 aliphatic carbocycles. The molecule has 1 aliphatic heterocycles. The van der Waals surface area contributed by atoms with Gasteiger partial charge >= 0.3 is 6.03 Å². The molecule has 1 aromatic rings. The molecule has 0 spiro atoms. The highest BCUT2D eigenvalue weighted by atomic mass is 16.5. The highest BCUT2D eigenvalue weighted by Crippen LogP contribution is 2.21. The van der Waals surface area contributed by atoms with E-state index in [1.165, 1.54) is 7.11 Å². The van der Waals surface area contributed by atoms with E-state index < -0.39 is 12.1 Å². The predicted octanol–water partition coefficient (Wildman–Crippen LogP) is 0.340. The average molecular weight is 235 g/mol. The molecule has 1 fully saturated rings. The van der Waals surface area contributed by atoms with Gasteiger partial charge in [0.2, 0.25) is 0 Å². The van der Waals surface area contributed by atoms with E-state index in [2.05, 4.69) is 5.32 Å². The van der Waals surface area contributed by atoms with Crippen LogP contribution in [0.4, 0.5) is 16.2 Å². The van der Waals surface area contributed by atoms with Crippen molar-refractivity contribution >= 4 is 23.3 Å². The smallest absolute Gasteiger partial charge is 0.329 e. The van der Waals surface area contributed by atoms with E-state index in [4.69, 9.17) is 10.5 Å². The standard InChI is InChI=1S/C11H13N3O3/c1-17-6-9-10(15)14(11(16)13-9)8-4-2-3-7(12)5-8/h2-5,9H,6,12H2,1H3,(H,13,16)/t9-/m1/s1. The molecule has 3 N–H and O–H groups in total. The monoisotopic (exact) mass is 235 g/mol. The molecule has 17 heavy (non-hydrogen) atoms. The number of ether oxygens (including phenoxy) is 1. The number of nitrogens with one attached hydrogen (secondary N) is 1. The number of carbonyl (C=O) groups is 2. The van der Waals surface area contributed by atoms with E-state index in [1.54, 1.807) is 24.3 Å². The van der Waals surface area contributed by atoms with Crippen molar-refractivity contribution in [1.82, 2.24) is 5.32 Å². The van der Waals surface area contributed by atoms with Crippen LogP contribution in [-0.4, -0.2) is 31.7 Å². The minimum atomic E-state index is -0.631. The molecule has 1 heterocycles. The highest BCUT2D eigenvalue weighted by molar-refractivity contribution is 6.21. The minimum absolute atomic E-state index is 0.156. The molecule has 0 aromatic heterocycles. The van der Waals surface area contributed by atoms with E-state index in [0.29, 0.717) is 11.4 Å². The van der Waals surface area contributed by atoms with Crippen LogP contribution in [0.25, 0.3) is 0 Å². The molecule has 3 amide bonds. The van der Waals surface area contributed by atoms with Crippen molar-refractivity contribution < 1.29 is 14.3 Å². The molecule has 6 nitrogen and oxygen atoms in total. The summed E-state index contributed by atoms with van der Waals surface area (Å²) >= 11 is 0. The van der Waals surface area contributed by atoms with Gasteiger partial charge in [-0.2, -0.15) is 0 Å². The van der Waals surface area contributed by atoms with Crippen LogP contribution in [-0.2, 0) is 9.53 Å².